The van der Waals surface area contributed by atoms with Crippen LogP contribution < -0.4 is 10.6 Å². The molecule has 0 aliphatic heterocycles. The van der Waals surface area contributed by atoms with Crippen molar-refractivity contribution in [1.29, 1.82) is 0 Å². The third-order valence-electron chi connectivity index (χ3n) is 2.64. The fourth-order valence-corrected chi connectivity index (χ4v) is 1.53. The lowest BCUT2D eigenvalue weighted by atomic mass is 10.2. The first-order valence-electron chi connectivity index (χ1n) is 6.27. The number of nitrogens with one attached hydrogen (secondary N) is 2. The second-order valence-corrected chi connectivity index (χ2v) is 4.18. The van der Waals surface area contributed by atoms with Gasteiger partial charge in [0.15, 0.2) is 0 Å². The summed E-state index contributed by atoms with van der Waals surface area (Å²) in [7, 11) is 0. The van der Waals surface area contributed by atoms with Crippen LogP contribution in [0.2, 0.25) is 0 Å². The molecule has 0 radical (unpaired) electrons. The lowest BCUT2D eigenvalue weighted by Crippen LogP contribution is -2.42. The Bertz CT molecular complexity index is 309. The number of furan rings is 1. The van der Waals surface area contributed by atoms with E-state index in [9.17, 15) is 4.79 Å². The molecule has 1 heterocycles. The van der Waals surface area contributed by atoms with Gasteiger partial charge in [-0.05, 0) is 32.0 Å². The summed E-state index contributed by atoms with van der Waals surface area (Å²) < 4.78 is 5.14. The predicted octanol–water partition coefficient (Wildman–Crippen LogP) is 2.06. The van der Waals surface area contributed by atoms with Crippen molar-refractivity contribution in [3.63, 3.8) is 0 Å². The van der Waals surface area contributed by atoms with Crippen LogP contribution in [0.1, 0.15) is 38.9 Å². The second kappa shape index (κ2) is 7.90. The molecule has 0 aliphatic carbocycles. The molecular weight excluding hydrogens is 216 g/mol. The van der Waals surface area contributed by atoms with Gasteiger partial charge < -0.3 is 15.1 Å². The molecule has 96 valence electrons. The van der Waals surface area contributed by atoms with Crippen molar-refractivity contribution >= 4 is 5.91 Å². The van der Waals surface area contributed by atoms with E-state index in [0.29, 0.717) is 6.54 Å². The van der Waals surface area contributed by atoms with Gasteiger partial charge in [0.1, 0.15) is 5.76 Å². The Morgan fingerprint density at radius 3 is 2.94 bits per heavy atom. The van der Waals surface area contributed by atoms with Gasteiger partial charge >= 0.3 is 0 Å². The molecule has 0 fully saturated rings. The zero-order valence-corrected chi connectivity index (χ0v) is 10.7. The Hall–Kier alpha value is -1.29. The van der Waals surface area contributed by atoms with Crippen molar-refractivity contribution in [1.82, 2.24) is 10.6 Å². The van der Waals surface area contributed by atoms with E-state index in [1.165, 1.54) is 12.8 Å². The van der Waals surface area contributed by atoms with E-state index in [2.05, 4.69) is 17.6 Å². The smallest absolute Gasteiger partial charge is 0.237 e. The molecule has 0 spiro atoms. The van der Waals surface area contributed by atoms with Crippen LogP contribution in [0.5, 0.6) is 0 Å². The SMILES string of the molecule is CCCCCNC(C)C(=O)NCc1ccco1. The molecule has 0 aliphatic rings. The average Bonchev–Trinajstić information content (AvgIpc) is 2.84. The third kappa shape index (κ3) is 5.54. The molecule has 17 heavy (non-hydrogen) atoms. The van der Waals surface area contributed by atoms with Crippen LogP contribution in [0.15, 0.2) is 22.8 Å². The highest BCUT2D eigenvalue weighted by Crippen LogP contribution is 1.99. The molecule has 0 bridgehead atoms. The summed E-state index contributed by atoms with van der Waals surface area (Å²) in [5, 5.41) is 6.04. The van der Waals surface area contributed by atoms with Gasteiger partial charge in [0.05, 0.1) is 18.8 Å². The van der Waals surface area contributed by atoms with E-state index in [1.807, 2.05) is 19.1 Å². The van der Waals surface area contributed by atoms with Gasteiger partial charge in [0.25, 0.3) is 0 Å². The Morgan fingerprint density at radius 2 is 2.29 bits per heavy atom. The number of amides is 1. The van der Waals surface area contributed by atoms with Gasteiger partial charge in [-0.2, -0.15) is 0 Å². The number of rotatable bonds is 8. The molecule has 1 aromatic rings. The number of hydrogen-bond donors (Lipinski definition) is 2. The first-order chi connectivity index (χ1) is 8.24. The van der Waals surface area contributed by atoms with Gasteiger partial charge in [-0.1, -0.05) is 19.8 Å². The fraction of sp³-hybridized carbons (Fsp3) is 0.615. The molecule has 4 nitrogen and oxygen atoms in total. The van der Waals surface area contributed by atoms with E-state index < -0.39 is 0 Å². The zero-order chi connectivity index (χ0) is 12.5. The minimum absolute atomic E-state index is 0.0119. The maximum absolute atomic E-state index is 11.7. The molecule has 0 saturated heterocycles. The Labute approximate surface area is 103 Å². The lowest BCUT2D eigenvalue weighted by Gasteiger charge is -2.13. The molecule has 0 saturated carbocycles. The summed E-state index contributed by atoms with van der Waals surface area (Å²) in [6.07, 6.45) is 5.12. The lowest BCUT2D eigenvalue weighted by molar-refractivity contribution is -0.123. The van der Waals surface area contributed by atoms with E-state index in [1.54, 1.807) is 6.26 Å². The van der Waals surface area contributed by atoms with Crippen LogP contribution in [0.3, 0.4) is 0 Å². The van der Waals surface area contributed by atoms with E-state index in [4.69, 9.17) is 4.42 Å². The van der Waals surface area contributed by atoms with Crippen molar-refractivity contribution in [2.75, 3.05) is 6.54 Å². The summed E-state index contributed by atoms with van der Waals surface area (Å²) in [5.41, 5.74) is 0. The topological polar surface area (TPSA) is 54.3 Å². The minimum Gasteiger partial charge on any atom is -0.467 e. The van der Waals surface area contributed by atoms with Crippen molar-refractivity contribution in [3.8, 4) is 0 Å². The van der Waals surface area contributed by atoms with Gasteiger partial charge in [0.2, 0.25) is 5.91 Å². The quantitative estimate of drug-likeness (QED) is 0.682. The standard InChI is InChI=1S/C13H22N2O2/c1-3-4-5-8-14-11(2)13(16)15-10-12-7-6-9-17-12/h6-7,9,11,14H,3-5,8,10H2,1-2H3,(H,15,16). The molecule has 4 heteroatoms. The number of carbonyl (C=O) groups excluding carboxylic acids is 1. The Balaban J connectivity index is 2.13. The summed E-state index contributed by atoms with van der Waals surface area (Å²) in [6, 6.07) is 3.51. The first kappa shape index (κ1) is 13.8. The molecule has 0 aromatic carbocycles. The summed E-state index contributed by atoms with van der Waals surface area (Å²) >= 11 is 0. The molecule has 1 rings (SSSR count). The van der Waals surface area contributed by atoms with E-state index >= 15 is 0 Å². The van der Waals surface area contributed by atoms with Gasteiger partial charge in [-0.3, -0.25) is 4.79 Å². The second-order valence-electron chi connectivity index (χ2n) is 4.18. The summed E-state index contributed by atoms with van der Waals surface area (Å²) in [5.74, 6) is 0.787. The molecule has 1 amide bonds. The predicted molar refractivity (Wildman–Crippen MR) is 67.5 cm³/mol. The highest BCUT2D eigenvalue weighted by molar-refractivity contribution is 5.81. The van der Waals surface area contributed by atoms with Crippen molar-refractivity contribution < 1.29 is 9.21 Å². The van der Waals surface area contributed by atoms with Crippen LogP contribution in [-0.4, -0.2) is 18.5 Å². The highest BCUT2D eigenvalue weighted by Gasteiger charge is 2.11. The largest absolute Gasteiger partial charge is 0.467 e. The fourth-order valence-electron chi connectivity index (χ4n) is 1.53. The van der Waals surface area contributed by atoms with Crippen LogP contribution >= 0.6 is 0 Å². The minimum atomic E-state index is -0.151. The number of hydrogen-bond acceptors (Lipinski definition) is 3. The maximum Gasteiger partial charge on any atom is 0.237 e. The Kier molecular flexibility index (Phi) is 6.40. The zero-order valence-electron chi connectivity index (χ0n) is 10.7. The van der Waals surface area contributed by atoms with Crippen LogP contribution in [-0.2, 0) is 11.3 Å². The number of unbranched alkanes of at least 4 members (excludes halogenated alkanes) is 2. The van der Waals surface area contributed by atoms with E-state index in [0.717, 1.165) is 18.7 Å². The average molecular weight is 238 g/mol. The van der Waals surface area contributed by atoms with Crippen molar-refractivity contribution in [2.24, 2.45) is 0 Å². The molecular formula is C13H22N2O2. The molecule has 2 N–H and O–H groups in total. The van der Waals surface area contributed by atoms with Crippen LogP contribution in [0.4, 0.5) is 0 Å². The van der Waals surface area contributed by atoms with Gasteiger partial charge in [-0.25, -0.2) is 0 Å². The van der Waals surface area contributed by atoms with Crippen LogP contribution in [0, 0.1) is 0 Å². The van der Waals surface area contributed by atoms with E-state index in [-0.39, 0.29) is 11.9 Å². The summed E-state index contributed by atoms with van der Waals surface area (Å²) in [4.78, 5) is 11.7. The van der Waals surface area contributed by atoms with Gasteiger partial charge in [0, 0.05) is 0 Å². The monoisotopic (exact) mass is 238 g/mol. The first-order valence-corrected chi connectivity index (χ1v) is 6.27. The Morgan fingerprint density at radius 1 is 1.47 bits per heavy atom. The van der Waals surface area contributed by atoms with Crippen LogP contribution in [0.25, 0.3) is 0 Å². The maximum atomic E-state index is 11.7. The number of carbonyl (C=O) groups is 1. The molecule has 1 atom stereocenters. The van der Waals surface area contributed by atoms with Crippen molar-refractivity contribution in [2.45, 2.75) is 45.7 Å². The molecule has 1 unspecified atom stereocenters. The van der Waals surface area contributed by atoms with Gasteiger partial charge in [-0.15, -0.1) is 0 Å². The molecule has 1 aromatic heterocycles. The summed E-state index contributed by atoms with van der Waals surface area (Å²) in [6.45, 7) is 5.39. The third-order valence-corrected chi connectivity index (χ3v) is 2.64. The normalized spacial score (nSPS) is 12.4. The highest BCUT2D eigenvalue weighted by atomic mass is 16.3. The van der Waals surface area contributed by atoms with Crippen molar-refractivity contribution in [3.05, 3.63) is 24.2 Å².